The molecule has 1 rings (SSSR count). The minimum Gasteiger partial charge on any atom is -0.349 e. The molecule has 1 N–H and O–H groups in total. The topological polar surface area (TPSA) is 57.6 Å². The lowest BCUT2D eigenvalue weighted by Gasteiger charge is -2.20. The lowest BCUT2D eigenvalue weighted by atomic mass is 10.3. The molecule has 17 heavy (non-hydrogen) atoms. The van der Waals surface area contributed by atoms with Gasteiger partial charge in [0.1, 0.15) is 0 Å². The SMILES string of the molecule is CC(CC(=O)N(C)C)P(=O)(O)c1ccccc1. The minimum atomic E-state index is -3.48. The second-order valence-corrected chi connectivity index (χ2v) is 6.94. The third kappa shape index (κ3) is 3.42. The van der Waals surface area contributed by atoms with Crippen LogP contribution in [0.3, 0.4) is 0 Å². The van der Waals surface area contributed by atoms with Crippen molar-refractivity contribution in [2.75, 3.05) is 14.1 Å². The Morgan fingerprint density at radius 1 is 1.35 bits per heavy atom. The molecule has 1 amide bonds. The number of amides is 1. The number of hydrogen-bond donors (Lipinski definition) is 1. The fourth-order valence-electron chi connectivity index (χ4n) is 1.46. The molecule has 2 unspecified atom stereocenters. The summed E-state index contributed by atoms with van der Waals surface area (Å²) in [5.74, 6) is -0.136. The highest BCUT2D eigenvalue weighted by Crippen LogP contribution is 2.46. The van der Waals surface area contributed by atoms with E-state index < -0.39 is 13.0 Å². The highest BCUT2D eigenvalue weighted by molar-refractivity contribution is 7.66. The van der Waals surface area contributed by atoms with Gasteiger partial charge in [0.25, 0.3) is 0 Å². The van der Waals surface area contributed by atoms with E-state index in [1.165, 1.54) is 4.90 Å². The smallest absolute Gasteiger partial charge is 0.232 e. The average molecular weight is 255 g/mol. The maximum Gasteiger partial charge on any atom is 0.232 e. The van der Waals surface area contributed by atoms with Crippen LogP contribution >= 0.6 is 7.37 Å². The molecule has 0 aromatic heterocycles. The van der Waals surface area contributed by atoms with Gasteiger partial charge in [-0.05, 0) is 12.1 Å². The van der Waals surface area contributed by atoms with Crippen molar-refractivity contribution in [2.45, 2.75) is 19.0 Å². The van der Waals surface area contributed by atoms with Crippen LogP contribution in [0.4, 0.5) is 0 Å². The van der Waals surface area contributed by atoms with E-state index in [1.807, 2.05) is 0 Å². The van der Waals surface area contributed by atoms with Crippen LogP contribution in [0.2, 0.25) is 0 Å². The largest absolute Gasteiger partial charge is 0.349 e. The summed E-state index contributed by atoms with van der Waals surface area (Å²) in [4.78, 5) is 23.0. The maximum atomic E-state index is 12.3. The van der Waals surface area contributed by atoms with Gasteiger partial charge in [-0.25, -0.2) is 0 Å². The summed E-state index contributed by atoms with van der Waals surface area (Å²) in [6.45, 7) is 1.63. The first-order chi connectivity index (χ1) is 7.85. The van der Waals surface area contributed by atoms with Crippen molar-refractivity contribution in [1.82, 2.24) is 4.90 Å². The lowest BCUT2D eigenvalue weighted by molar-refractivity contribution is -0.128. The van der Waals surface area contributed by atoms with Crippen molar-refractivity contribution >= 4 is 18.6 Å². The first-order valence-electron chi connectivity index (χ1n) is 5.44. The van der Waals surface area contributed by atoms with Gasteiger partial charge in [-0.2, -0.15) is 0 Å². The monoisotopic (exact) mass is 255 g/mol. The third-order valence-electron chi connectivity index (χ3n) is 2.69. The molecule has 0 bridgehead atoms. The van der Waals surface area contributed by atoms with Gasteiger partial charge in [0.2, 0.25) is 13.3 Å². The Kier molecular flexibility index (Phi) is 4.49. The van der Waals surface area contributed by atoms with Crippen LogP contribution in [-0.2, 0) is 9.36 Å². The molecule has 0 fully saturated rings. The molecule has 1 aromatic carbocycles. The van der Waals surface area contributed by atoms with Gasteiger partial charge in [-0.15, -0.1) is 0 Å². The number of rotatable bonds is 4. The van der Waals surface area contributed by atoms with Gasteiger partial charge in [-0.1, -0.05) is 25.1 Å². The van der Waals surface area contributed by atoms with Crippen molar-refractivity contribution in [1.29, 1.82) is 0 Å². The molecular weight excluding hydrogens is 237 g/mol. The van der Waals surface area contributed by atoms with Gasteiger partial charge in [0, 0.05) is 31.5 Å². The summed E-state index contributed by atoms with van der Waals surface area (Å²) >= 11 is 0. The molecule has 94 valence electrons. The molecule has 4 nitrogen and oxygen atoms in total. The number of carbonyl (C=O) groups is 1. The Hall–Kier alpha value is -1.12. The van der Waals surface area contributed by atoms with Gasteiger partial charge in [-0.3, -0.25) is 9.36 Å². The Labute approximate surface area is 102 Å². The quantitative estimate of drug-likeness (QED) is 0.828. The van der Waals surface area contributed by atoms with E-state index in [9.17, 15) is 14.3 Å². The number of nitrogens with zero attached hydrogens (tertiary/aromatic N) is 1. The molecular formula is C12H18NO3P. The Morgan fingerprint density at radius 2 is 1.88 bits per heavy atom. The van der Waals surface area contributed by atoms with Gasteiger partial charge >= 0.3 is 0 Å². The molecule has 0 aliphatic rings. The molecule has 0 saturated carbocycles. The molecule has 1 aromatic rings. The van der Waals surface area contributed by atoms with Crippen LogP contribution in [0.15, 0.2) is 30.3 Å². The van der Waals surface area contributed by atoms with Gasteiger partial charge < -0.3 is 9.79 Å². The highest BCUT2D eigenvalue weighted by atomic mass is 31.2. The molecule has 5 heteroatoms. The first kappa shape index (κ1) is 13.9. The summed E-state index contributed by atoms with van der Waals surface area (Å²) in [6, 6.07) is 8.48. The van der Waals surface area contributed by atoms with Crippen LogP contribution in [0.1, 0.15) is 13.3 Å². The van der Waals surface area contributed by atoms with E-state index in [1.54, 1.807) is 51.4 Å². The summed E-state index contributed by atoms with van der Waals surface area (Å²) in [6.07, 6.45) is 0.0790. The normalized spacial score (nSPS) is 16.0. The Morgan fingerprint density at radius 3 is 2.35 bits per heavy atom. The van der Waals surface area contributed by atoms with Crippen LogP contribution < -0.4 is 5.30 Å². The summed E-state index contributed by atoms with van der Waals surface area (Å²) in [7, 11) is -0.199. The van der Waals surface area contributed by atoms with Crippen molar-refractivity contribution in [3.05, 3.63) is 30.3 Å². The predicted molar refractivity (Wildman–Crippen MR) is 68.7 cm³/mol. The van der Waals surface area contributed by atoms with Crippen molar-refractivity contribution in [2.24, 2.45) is 0 Å². The lowest BCUT2D eigenvalue weighted by Crippen LogP contribution is -2.27. The second kappa shape index (κ2) is 5.48. The molecule has 2 atom stereocenters. The minimum absolute atomic E-state index is 0.0790. The summed E-state index contributed by atoms with van der Waals surface area (Å²) in [5.41, 5.74) is -0.570. The zero-order valence-corrected chi connectivity index (χ0v) is 11.2. The molecule has 0 radical (unpaired) electrons. The fraction of sp³-hybridized carbons (Fsp3) is 0.417. The number of benzene rings is 1. The molecule has 0 spiro atoms. The van der Waals surface area contributed by atoms with Crippen molar-refractivity contribution in [3.63, 3.8) is 0 Å². The van der Waals surface area contributed by atoms with E-state index in [2.05, 4.69) is 0 Å². The predicted octanol–water partition coefficient (Wildman–Crippen LogP) is 1.45. The van der Waals surface area contributed by atoms with Gasteiger partial charge in [0.05, 0.1) is 0 Å². The van der Waals surface area contributed by atoms with Crippen LogP contribution in [-0.4, -0.2) is 35.5 Å². The van der Waals surface area contributed by atoms with E-state index in [-0.39, 0.29) is 12.3 Å². The van der Waals surface area contributed by atoms with E-state index >= 15 is 0 Å². The third-order valence-corrected chi connectivity index (χ3v) is 5.11. The highest BCUT2D eigenvalue weighted by Gasteiger charge is 2.31. The summed E-state index contributed by atoms with van der Waals surface area (Å²) in [5, 5.41) is 0.402. The zero-order chi connectivity index (χ0) is 13.1. The van der Waals surface area contributed by atoms with Crippen molar-refractivity contribution in [3.8, 4) is 0 Å². The first-order valence-corrected chi connectivity index (χ1v) is 7.17. The van der Waals surface area contributed by atoms with E-state index in [4.69, 9.17) is 0 Å². The maximum absolute atomic E-state index is 12.3. The van der Waals surface area contributed by atoms with Crippen LogP contribution in [0.5, 0.6) is 0 Å². The number of hydrogen-bond acceptors (Lipinski definition) is 2. The molecule has 0 aliphatic heterocycles. The Balaban J connectivity index is 2.85. The zero-order valence-electron chi connectivity index (χ0n) is 10.3. The number of carbonyl (C=O) groups excluding carboxylic acids is 1. The average Bonchev–Trinajstić information content (AvgIpc) is 2.29. The second-order valence-electron chi connectivity index (χ2n) is 4.30. The fourth-order valence-corrected chi connectivity index (χ4v) is 2.97. The van der Waals surface area contributed by atoms with Crippen LogP contribution in [0.25, 0.3) is 0 Å². The van der Waals surface area contributed by atoms with Crippen molar-refractivity contribution < 1.29 is 14.3 Å². The molecule has 0 saturated heterocycles. The van der Waals surface area contributed by atoms with Gasteiger partial charge in [0.15, 0.2) is 0 Å². The standard InChI is InChI=1S/C12H18NO3P/c1-10(9-12(14)13(2)3)17(15,16)11-7-5-4-6-8-11/h4-8,10H,9H2,1-3H3,(H,15,16). The molecule has 0 aliphatic carbocycles. The van der Waals surface area contributed by atoms with Crippen LogP contribution in [0, 0.1) is 0 Å². The van der Waals surface area contributed by atoms with E-state index in [0.29, 0.717) is 5.30 Å². The summed E-state index contributed by atoms with van der Waals surface area (Å²) < 4.78 is 12.3. The van der Waals surface area contributed by atoms with E-state index in [0.717, 1.165) is 0 Å². The molecule has 0 heterocycles. The Bertz CT molecular complexity index is 431.